The molecule has 0 spiro atoms. The molecule has 1 unspecified atom stereocenters. The molecule has 0 aromatic heterocycles. The first-order chi connectivity index (χ1) is 8.08. The van der Waals surface area contributed by atoms with E-state index in [4.69, 9.17) is 16.9 Å². The maximum Gasteiger partial charge on any atom is 0.253 e. The summed E-state index contributed by atoms with van der Waals surface area (Å²) in [5.41, 5.74) is 6.58. The Bertz CT molecular complexity index is 449. The fraction of sp³-hybridized carbons (Fsp3) is 0.308. The van der Waals surface area contributed by atoms with E-state index in [0.717, 1.165) is 0 Å². The maximum atomic E-state index is 11.8. The van der Waals surface area contributed by atoms with Gasteiger partial charge in [0.1, 0.15) is 5.75 Å². The number of nitrogen functional groups attached to an aromatic ring is 1. The Kier molecular flexibility index (Phi) is 4.41. The first-order valence-electron chi connectivity index (χ1n) is 5.26. The third-order valence-corrected chi connectivity index (χ3v) is 2.30. The van der Waals surface area contributed by atoms with Crippen LogP contribution in [0.15, 0.2) is 18.2 Å². The van der Waals surface area contributed by atoms with E-state index >= 15 is 0 Å². The number of nitrogens with two attached hydrogens (primary N) is 1. The molecular formula is C13H16N2O2. The number of hydrogen-bond donors (Lipinski definition) is 2. The van der Waals surface area contributed by atoms with Crippen LogP contribution < -0.4 is 15.8 Å². The van der Waals surface area contributed by atoms with E-state index in [9.17, 15) is 4.79 Å². The second kappa shape index (κ2) is 5.80. The predicted molar refractivity (Wildman–Crippen MR) is 67.8 cm³/mol. The van der Waals surface area contributed by atoms with E-state index < -0.39 is 0 Å². The Morgan fingerprint density at radius 1 is 1.65 bits per heavy atom. The number of carbonyl (C=O) groups is 1. The minimum atomic E-state index is -0.229. The van der Waals surface area contributed by atoms with Crippen LogP contribution >= 0.6 is 0 Å². The van der Waals surface area contributed by atoms with Gasteiger partial charge in [-0.05, 0) is 19.1 Å². The van der Waals surface area contributed by atoms with Crippen molar-refractivity contribution in [2.75, 3.05) is 12.8 Å². The van der Waals surface area contributed by atoms with E-state index in [1.807, 2.05) is 6.92 Å². The van der Waals surface area contributed by atoms with Gasteiger partial charge >= 0.3 is 0 Å². The summed E-state index contributed by atoms with van der Waals surface area (Å²) in [6.45, 7) is 1.84. The molecule has 0 saturated carbocycles. The van der Waals surface area contributed by atoms with E-state index in [2.05, 4.69) is 11.2 Å². The lowest BCUT2D eigenvalue weighted by molar-refractivity contribution is 0.0942. The van der Waals surface area contributed by atoms with Crippen LogP contribution in [0.5, 0.6) is 5.75 Å². The fourth-order valence-electron chi connectivity index (χ4n) is 1.40. The van der Waals surface area contributed by atoms with Gasteiger partial charge < -0.3 is 15.8 Å². The van der Waals surface area contributed by atoms with Crippen molar-refractivity contribution >= 4 is 11.6 Å². The van der Waals surface area contributed by atoms with Gasteiger partial charge in [-0.1, -0.05) is 0 Å². The zero-order valence-corrected chi connectivity index (χ0v) is 9.99. The molecule has 90 valence electrons. The molecule has 1 rings (SSSR count). The number of anilines is 1. The number of ether oxygens (including phenoxy) is 1. The van der Waals surface area contributed by atoms with Gasteiger partial charge in [0, 0.05) is 24.2 Å². The maximum absolute atomic E-state index is 11.8. The lowest BCUT2D eigenvalue weighted by atomic mass is 10.1. The molecule has 0 aliphatic heterocycles. The third-order valence-electron chi connectivity index (χ3n) is 2.30. The minimum absolute atomic E-state index is 0.0750. The van der Waals surface area contributed by atoms with Gasteiger partial charge in [-0.3, -0.25) is 4.79 Å². The monoisotopic (exact) mass is 232 g/mol. The zero-order valence-electron chi connectivity index (χ0n) is 9.99. The van der Waals surface area contributed by atoms with E-state index in [1.165, 1.54) is 0 Å². The molecule has 1 amide bonds. The number of carbonyl (C=O) groups excluding carboxylic acids is 1. The van der Waals surface area contributed by atoms with Crippen LogP contribution in [0.2, 0.25) is 0 Å². The van der Waals surface area contributed by atoms with Crippen molar-refractivity contribution in [1.82, 2.24) is 5.32 Å². The van der Waals surface area contributed by atoms with Gasteiger partial charge in [0.15, 0.2) is 0 Å². The number of terminal acetylenes is 1. The number of rotatable bonds is 4. The van der Waals surface area contributed by atoms with Crippen LogP contribution in [0.25, 0.3) is 0 Å². The van der Waals surface area contributed by atoms with Crippen LogP contribution in [-0.2, 0) is 0 Å². The molecule has 0 aliphatic carbocycles. The van der Waals surface area contributed by atoms with Crippen molar-refractivity contribution in [2.45, 2.75) is 19.4 Å². The molecule has 0 aliphatic rings. The number of nitrogens with one attached hydrogen (secondary N) is 1. The smallest absolute Gasteiger partial charge is 0.253 e. The molecular weight excluding hydrogens is 216 g/mol. The largest absolute Gasteiger partial charge is 0.497 e. The van der Waals surface area contributed by atoms with Crippen LogP contribution in [0.3, 0.4) is 0 Å². The van der Waals surface area contributed by atoms with Gasteiger partial charge in [-0.15, -0.1) is 12.3 Å². The molecule has 0 radical (unpaired) electrons. The predicted octanol–water partition coefficient (Wildman–Crippen LogP) is 1.42. The molecule has 17 heavy (non-hydrogen) atoms. The Balaban J connectivity index is 2.79. The van der Waals surface area contributed by atoms with Gasteiger partial charge in [0.2, 0.25) is 0 Å². The van der Waals surface area contributed by atoms with E-state index in [-0.39, 0.29) is 11.9 Å². The lowest BCUT2D eigenvalue weighted by Gasteiger charge is -2.12. The summed E-state index contributed by atoms with van der Waals surface area (Å²) in [5.74, 6) is 2.88. The topological polar surface area (TPSA) is 64.3 Å². The summed E-state index contributed by atoms with van der Waals surface area (Å²) in [5, 5.41) is 2.77. The van der Waals surface area contributed by atoms with Crippen molar-refractivity contribution in [2.24, 2.45) is 0 Å². The standard InChI is InChI=1S/C13H16N2O2/c1-4-5-9(2)15-13(16)11-7-6-10(17-3)8-12(11)14/h1,6-9H,5,14H2,2-3H3,(H,15,16). The Morgan fingerprint density at radius 2 is 2.35 bits per heavy atom. The van der Waals surface area contributed by atoms with Crippen LogP contribution in [0.4, 0.5) is 5.69 Å². The molecule has 3 N–H and O–H groups in total. The Labute approximate surface area is 101 Å². The van der Waals surface area contributed by atoms with E-state index in [0.29, 0.717) is 23.4 Å². The molecule has 0 fully saturated rings. The average molecular weight is 232 g/mol. The highest BCUT2D eigenvalue weighted by molar-refractivity contribution is 5.99. The quantitative estimate of drug-likeness (QED) is 0.609. The highest BCUT2D eigenvalue weighted by Gasteiger charge is 2.12. The summed E-state index contributed by atoms with van der Waals surface area (Å²) in [6.07, 6.45) is 5.66. The molecule has 0 bridgehead atoms. The second-order valence-corrected chi connectivity index (χ2v) is 3.74. The van der Waals surface area contributed by atoms with Crippen molar-refractivity contribution in [1.29, 1.82) is 0 Å². The molecule has 4 heteroatoms. The fourth-order valence-corrected chi connectivity index (χ4v) is 1.40. The van der Waals surface area contributed by atoms with Gasteiger partial charge in [-0.2, -0.15) is 0 Å². The van der Waals surface area contributed by atoms with Gasteiger partial charge in [-0.25, -0.2) is 0 Å². The number of amides is 1. The summed E-state index contributed by atoms with van der Waals surface area (Å²) in [4.78, 5) is 11.8. The lowest BCUT2D eigenvalue weighted by Crippen LogP contribution is -2.32. The van der Waals surface area contributed by atoms with Crippen molar-refractivity contribution in [3.8, 4) is 18.1 Å². The molecule has 1 aromatic rings. The van der Waals surface area contributed by atoms with Crippen molar-refractivity contribution in [3.63, 3.8) is 0 Å². The summed E-state index contributed by atoms with van der Waals surface area (Å²) >= 11 is 0. The molecule has 0 saturated heterocycles. The number of benzene rings is 1. The molecule has 4 nitrogen and oxygen atoms in total. The van der Waals surface area contributed by atoms with Gasteiger partial charge in [0.25, 0.3) is 5.91 Å². The highest BCUT2D eigenvalue weighted by Crippen LogP contribution is 2.19. The van der Waals surface area contributed by atoms with Crippen LogP contribution in [-0.4, -0.2) is 19.1 Å². The van der Waals surface area contributed by atoms with Crippen molar-refractivity contribution < 1.29 is 9.53 Å². The van der Waals surface area contributed by atoms with Crippen LogP contribution in [0, 0.1) is 12.3 Å². The third kappa shape index (κ3) is 3.42. The Morgan fingerprint density at radius 3 is 2.88 bits per heavy atom. The normalized spacial score (nSPS) is 11.4. The van der Waals surface area contributed by atoms with Crippen LogP contribution in [0.1, 0.15) is 23.7 Å². The molecule has 1 atom stereocenters. The number of methoxy groups -OCH3 is 1. The summed E-state index contributed by atoms with van der Waals surface area (Å²) < 4.78 is 5.01. The Hall–Kier alpha value is -2.15. The first kappa shape index (κ1) is 12.9. The van der Waals surface area contributed by atoms with E-state index in [1.54, 1.807) is 25.3 Å². The SMILES string of the molecule is C#CCC(C)NC(=O)c1ccc(OC)cc1N. The first-order valence-corrected chi connectivity index (χ1v) is 5.26. The highest BCUT2D eigenvalue weighted by atomic mass is 16.5. The minimum Gasteiger partial charge on any atom is -0.497 e. The second-order valence-electron chi connectivity index (χ2n) is 3.74. The molecule has 1 aromatic carbocycles. The molecule has 0 heterocycles. The van der Waals surface area contributed by atoms with Crippen molar-refractivity contribution in [3.05, 3.63) is 23.8 Å². The zero-order chi connectivity index (χ0) is 12.8. The average Bonchev–Trinajstić information content (AvgIpc) is 2.28. The summed E-state index contributed by atoms with van der Waals surface area (Å²) in [6, 6.07) is 4.86. The van der Waals surface area contributed by atoms with Gasteiger partial charge in [0.05, 0.1) is 12.7 Å². The number of hydrogen-bond acceptors (Lipinski definition) is 3. The summed E-state index contributed by atoms with van der Waals surface area (Å²) in [7, 11) is 1.55.